The van der Waals surface area contributed by atoms with Crippen molar-refractivity contribution in [3.05, 3.63) is 23.3 Å². The molecule has 3 rings (SSSR count). The molecule has 1 atom stereocenters. The van der Waals surface area contributed by atoms with Gasteiger partial charge in [0.25, 0.3) is 11.8 Å². The minimum absolute atomic E-state index is 0.0428. The molecule has 3 heterocycles. The molecule has 0 spiro atoms. The number of rotatable bonds is 5. The molecule has 0 aliphatic carbocycles. The molecule has 1 N–H and O–H groups in total. The van der Waals surface area contributed by atoms with Gasteiger partial charge in [0.15, 0.2) is 5.82 Å². The Balaban J connectivity index is 1.76. The fraction of sp³-hybridized carbons (Fsp3) is 0.385. The second-order valence-corrected chi connectivity index (χ2v) is 6.03. The summed E-state index contributed by atoms with van der Waals surface area (Å²) in [5, 5.41) is 8.32. The standard InChI is InChI=1S/C13H14N4O4S/c1-13(7-20-2)11(18)17(12(19)15-13)6-9-14-10(21-16-9)8-4-3-5-22-8/h3-5H,6-7H2,1-2H3,(H,15,19). The number of amides is 3. The van der Waals surface area contributed by atoms with E-state index in [1.54, 1.807) is 6.92 Å². The number of nitrogens with one attached hydrogen (secondary N) is 1. The molecule has 9 heteroatoms. The molecule has 1 aliphatic rings. The fourth-order valence-electron chi connectivity index (χ4n) is 2.24. The van der Waals surface area contributed by atoms with Crippen LogP contribution in [-0.4, -0.2) is 46.2 Å². The van der Waals surface area contributed by atoms with Crippen LogP contribution in [0, 0.1) is 0 Å². The predicted molar refractivity (Wildman–Crippen MR) is 77.0 cm³/mol. The third-order valence-electron chi connectivity index (χ3n) is 3.28. The summed E-state index contributed by atoms with van der Waals surface area (Å²) in [6.07, 6.45) is 0. The van der Waals surface area contributed by atoms with E-state index in [4.69, 9.17) is 9.26 Å². The molecule has 0 radical (unpaired) electrons. The minimum atomic E-state index is -1.06. The van der Waals surface area contributed by atoms with E-state index in [0.29, 0.717) is 5.89 Å². The highest BCUT2D eigenvalue weighted by Crippen LogP contribution is 2.24. The maximum atomic E-state index is 12.3. The van der Waals surface area contributed by atoms with Crippen molar-refractivity contribution in [2.24, 2.45) is 0 Å². The Bertz CT molecular complexity index is 699. The van der Waals surface area contributed by atoms with E-state index in [1.165, 1.54) is 18.4 Å². The lowest BCUT2D eigenvalue weighted by atomic mass is 10.0. The molecule has 8 nitrogen and oxygen atoms in total. The van der Waals surface area contributed by atoms with E-state index in [9.17, 15) is 9.59 Å². The van der Waals surface area contributed by atoms with Gasteiger partial charge in [-0.2, -0.15) is 4.98 Å². The maximum absolute atomic E-state index is 12.3. The van der Waals surface area contributed by atoms with E-state index < -0.39 is 11.6 Å². The monoisotopic (exact) mass is 322 g/mol. The van der Waals surface area contributed by atoms with Gasteiger partial charge in [-0.05, 0) is 18.4 Å². The van der Waals surface area contributed by atoms with Crippen LogP contribution >= 0.6 is 11.3 Å². The van der Waals surface area contributed by atoms with Crippen LogP contribution in [-0.2, 0) is 16.1 Å². The summed E-state index contributed by atoms with van der Waals surface area (Å²) in [7, 11) is 1.47. The van der Waals surface area contributed by atoms with Gasteiger partial charge in [0.05, 0.1) is 18.0 Å². The van der Waals surface area contributed by atoms with Gasteiger partial charge in [0.2, 0.25) is 0 Å². The van der Waals surface area contributed by atoms with Crippen LogP contribution in [0.5, 0.6) is 0 Å². The number of methoxy groups -OCH3 is 1. The summed E-state index contributed by atoms with van der Waals surface area (Å²) < 4.78 is 10.1. The van der Waals surface area contributed by atoms with Crippen LogP contribution in [0.1, 0.15) is 12.7 Å². The van der Waals surface area contributed by atoms with Gasteiger partial charge in [0.1, 0.15) is 5.54 Å². The fourth-order valence-corrected chi connectivity index (χ4v) is 2.88. The predicted octanol–water partition coefficient (Wildman–Crippen LogP) is 1.25. The SMILES string of the molecule is COCC1(C)NC(=O)N(Cc2noc(-c3cccs3)n2)C1=O. The average molecular weight is 322 g/mol. The second kappa shape index (κ2) is 5.50. The number of hydrogen-bond donors (Lipinski definition) is 1. The summed E-state index contributed by atoms with van der Waals surface area (Å²) >= 11 is 1.47. The number of aromatic nitrogens is 2. The highest BCUT2D eigenvalue weighted by Gasteiger charge is 2.48. The number of nitrogens with zero attached hydrogens (tertiary/aromatic N) is 3. The highest BCUT2D eigenvalue weighted by atomic mass is 32.1. The van der Waals surface area contributed by atoms with Gasteiger partial charge in [-0.1, -0.05) is 11.2 Å². The van der Waals surface area contributed by atoms with Crippen LogP contribution in [0.4, 0.5) is 4.79 Å². The zero-order chi connectivity index (χ0) is 15.7. The molecule has 1 aliphatic heterocycles. The summed E-state index contributed by atoms with van der Waals surface area (Å²) in [6.45, 7) is 1.67. The van der Waals surface area contributed by atoms with E-state index in [2.05, 4.69) is 15.5 Å². The number of urea groups is 1. The van der Waals surface area contributed by atoms with Crippen molar-refractivity contribution >= 4 is 23.3 Å². The molecule has 2 aromatic rings. The molecule has 1 unspecified atom stereocenters. The minimum Gasteiger partial charge on any atom is -0.382 e. The summed E-state index contributed by atoms with van der Waals surface area (Å²) in [5.74, 6) is 0.270. The van der Waals surface area contributed by atoms with E-state index in [1.807, 2.05) is 17.5 Å². The smallest absolute Gasteiger partial charge is 0.325 e. The van der Waals surface area contributed by atoms with E-state index in [0.717, 1.165) is 9.78 Å². The Hall–Kier alpha value is -2.26. The number of carbonyl (C=O) groups excluding carboxylic acids is 2. The van der Waals surface area contributed by atoms with Gasteiger partial charge in [-0.25, -0.2) is 4.79 Å². The molecular formula is C13H14N4O4S. The van der Waals surface area contributed by atoms with Crippen molar-refractivity contribution < 1.29 is 18.8 Å². The third kappa shape index (κ3) is 2.48. The molecule has 2 aromatic heterocycles. The summed E-state index contributed by atoms with van der Waals surface area (Å²) in [6, 6.07) is 3.23. The average Bonchev–Trinajstić information content (AvgIpc) is 3.17. The lowest BCUT2D eigenvalue weighted by Gasteiger charge is -2.19. The first kappa shape index (κ1) is 14.7. The lowest BCUT2D eigenvalue weighted by Crippen LogP contribution is -2.47. The van der Waals surface area contributed by atoms with E-state index >= 15 is 0 Å². The van der Waals surface area contributed by atoms with Gasteiger partial charge < -0.3 is 14.6 Å². The highest BCUT2D eigenvalue weighted by molar-refractivity contribution is 7.13. The van der Waals surface area contributed by atoms with Crippen LogP contribution in [0.3, 0.4) is 0 Å². The number of carbonyl (C=O) groups is 2. The summed E-state index contributed by atoms with van der Waals surface area (Å²) in [4.78, 5) is 30.4. The number of imide groups is 1. The molecule has 1 fully saturated rings. The Labute approximate surface area is 130 Å². The molecule has 0 saturated carbocycles. The van der Waals surface area contributed by atoms with Crippen LogP contribution < -0.4 is 5.32 Å². The van der Waals surface area contributed by atoms with Crippen molar-refractivity contribution in [3.8, 4) is 10.8 Å². The molecule has 0 bridgehead atoms. The van der Waals surface area contributed by atoms with Gasteiger partial charge in [0, 0.05) is 7.11 Å². The first-order valence-corrected chi connectivity index (χ1v) is 7.41. The topological polar surface area (TPSA) is 97.6 Å². The van der Waals surface area contributed by atoms with Crippen molar-refractivity contribution in [2.75, 3.05) is 13.7 Å². The third-order valence-corrected chi connectivity index (χ3v) is 4.14. The molecule has 22 heavy (non-hydrogen) atoms. The van der Waals surface area contributed by atoms with Crippen molar-refractivity contribution in [1.82, 2.24) is 20.4 Å². The first-order chi connectivity index (χ1) is 10.5. The molecular weight excluding hydrogens is 308 g/mol. The Morgan fingerprint density at radius 1 is 1.50 bits per heavy atom. The normalized spacial score (nSPS) is 21.5. The van der Waals surface area contributed by atoms with Crippen molar-refractivity contribution in [2.45, 2.75) is 19.0 Å². The van der Waals surface area contributed by atoms with Gasteiger partial charge in [-0.3, -0.25) is 9.69 Å². The number of hydrogen-bond acceptors (Lipinski definition) is 7. The molecule has 1 saturated heterocycles. The van der Waals surface area contributed by atoms with Gasteiger partial charge >= 0.3 is 6.03 Å². The largest absolute Gasteiger partial charge is 0.382 e. The number of thiophene rings is 1. The first-order valence-electron chi connectivity index (χ1n) is 6.53. The Kier molecular flexibility index (Phi) is 3.67. The summed E-state index contributed by atoms with van der Waals surface area (Å²) in [5.41, 5.74) is -1.06. The Morgan fingerprint density at radius 2 is 2.32 bits per heavy atom. The van der Waals surface area contributed by atoms with Crippen LogP contribution in [0.25, 0.3) is 10.8 Å². The maximum Gasteiger partial charge on any atom is 0.325 e. The van der Waals surface area contributed by atoms with Crippen LogP contribution in [0.2, 0.25) is 0 Å². The Morgan fingerprint density at radius 3 is 3.00 bits per heavy atom. The zero-order valence-electron chi connectivity index (χ0n) is 12.0. The van der Waals surface area contributed by atoms with Gasteiger partial charge in [-0.15, -0.1) is 11.3 Å². The van der Waals surface area contributed by atoms with Crippen LogP contribution in [0.15, 0.2) is 22.0 Å². The number of ether oxygens (including phenoxy) is 1. The quantitative estimate of drug-likeness (QED) is 0.832. The van der Waals surface area contributed by atoms with E-state index in [-0.39, 0.29) is 24.9 Å². The lowest BCUT2D eigenvalue weighted by molar-refractivity contribution is -0.132. The molecule has 0 aromatic carbocycles. The zero-order valence-corrected chi connectivity index (χ0v) is 12.8. The second-order valence-electron chi connectivity index (χ2n) is 5.08. The van der Waals surface area contributed by atoms with Crippen molar-refractivity contribution in [1.29, 1.82) is 0 Å². The molecule has 116 valence electrons. The molecule has 3 amide bonds. The van der Waals surface area contributed by atoms with Crippen molar-refractivity contribution in [3.63, 3.8) is 0 Å².